The Labute approximate surface area is 115 Å². The van der Waals surface area contributed by atoms with E-state index in [0.29, 0.717) is 5.56 Å². The van der Waals surface area contributed by atoms with Crippen LogP contribution in [0.4, 0.5) is 0 Å². The third-order valence-electron chi connectivity index (χ3n) is 3.16. The monoisotopic (exact) mass is 309 g/mol. The molecule has 0 saturated carbocycles. The fourth-order valence-electron chi connectivity index (χ4n) is 1.61. The molecule has 3 nitrogen and oxygen atoms in total. The van der Waals surface area contributed by atoms with Gasteiger partial charge in [0.2, 0.25) is 0 Å². The molecule has 0 saturated heterocycles. The number of nitrogens with one attached hydrogen (secondary N) is 1. The molecule has 96 valence electrons. The van der Waals surface area contributed by atoms with E-state index in [1.165, 1.54) is 6.26 Å². The van der Waals surface area contributed by atoms with Gasteiger partial charge in [0.15, 0.2) is 0 Å². The van der Waals surface area contributed by atoms with Crippen LogP contribution in [0, 0.1) is 0 Å². The highest BCUT2D eigenvalue weighted by Gasteiger charge is 2.27. The van der Waals surface area contributed by atoms with Crippen LogP contribution in [-0.2, 0) is 0 Å². The molecule has 0 aliphatic heterocycles. The summed E-state index contributed by atoms with van der Waals surface area (Å²) < 4.78 is 5.37. The van der Waals surface area contributed by atoms with Crippen molar-refractivity contribution in [1.82, 2.24) is 5.32 Å². The molecular formula is C14H16BrNO2. The second-order valence-corrected chi connectivity index (χ2v) is 6.31. The first kappa shape index (κ1) is 13.1. The number of halogens is 1. The summed E-state index contributed by atoms with van der Waals surface area (Å²) in [5.74, 6) is -0.115. The zero-order valence-electron chi connectivity index (χ0n) is 10.7. The predicted octanol–water partition coefficient (Wildman–Crippen LogP) is 3.72. The standard InChI is InChI=1S/C14H16BrNO2/c1-9(15)14(2,3)16-13(17)11-8-18-12-7-5-4-6-10(11)12/h4-9H,1-3H3,(H,16,17). The topological polar surface area (TPSA) is 42.2 Å². The molecule has 1 atom stereocenters. The van der Waals surface area contributed by atoms with E-state index in [2.05, 4.69) is 21.2 Å². The number of carbonyl (C=O) groups excluding carboxylic acids is 1. The van der Waals surface area contributed by atoms with Gasteiger partial charge in [0, 0.05) is 15.8 Å². The lowest BCUT2D eigenvalue weighted by atomic mass is 10.0. The molecule has 0 radical (unpaired) electrons. The Hall–Kier alpha value is -1.29. The number of carbonyl (C=O) groups is 1. The second-order valence-electron chi connectivity index (χ2n) is 4.94. The second kappa shape index (κ2) is 4.76. The van der Waals surface area contributed by atoms with E-state index in [0.717, 1.165) is 11.0 Å². The first-order valence-corrected chi connectivity index (χ1v) is 6.76. The van der Waals surface area contributed by atoms with Crippen LogP contribution in [0.15, 0.2) is 34.9 Å². The lowest BCUT2D eigenvalue weighted by Crippen LogP contribution is -2.48. The number of hydrogen-bond donors (Lipinski definition) is 1. The molecule has 1 N–H and O–H groups in total. The van der Waals surface area contributed by atoms with Crippen LogP contribution in [0.2, 0.25) is 0 Å². The summed E-state index contributed by atoms with van der Waals surface area (Å²) in [5, 5.41) is 3.85. The third kappa shape index (κ3) is 2.43. The lowest BCUT2D eigenvalue weighted by molar-refractivity contribution is 0.0914. The van der Waals surface area contributed by atoms with Crippen molar-refractivity contribution < 1.29 is 9.21 Å². The van der Waals surface area contributed by atoms with Gasteiger partial charge in [-0.15, -0.1) is 0 Å². The molecule has 0 spiro atoms. The maximum Gasteiger partial charge on any atom is 0.255 e. The van der Waals surface area contributed by atoms with E-state index in [4.69, 9.17) is 4.42 Å². The summed E-state index contributed by atoms with van der Waals surface area (Å²) in [4.78, 5) is 12.4. The minimum atomic E-state index is -0.324. The number of amides is 1. The summed E-state index contributed by atoms with van der Waals surface area (Å²) in [6.45, 7) is 5.97. The molecule has 2 rings (SSSR count). The molecule has 2 aromatic rings. The highest BCUT2D eigenvalue weighted by Crippen LogP contribution is 2.22. The normalized spacial score (nSPS) is 13.6. The highest BCUT2D eigenvalue weighted by molar-refractivity contribution is 9.09. The number of hydrogen-bond acceptors (Lipinski definition) is 2. The largest absolute Gasteiger partial charge is 0.463 e. The summed E-state index contributed by atoms with van der Waals surface area (Å²) in [6, 6.07) is 7.52. The lowest BCUT2D eigenvalue weighted by Gasteiger charge is -2.29. The molecular weight excluding hydrogens is 294 g/mol. The Balaban J connectivity index is 2.30. The molecule has 0 fully saturated rings. The van der Waals surface area contributed by atoms with Crippen LogP contribution < -0.4 is 5.32 Å². The van der Waals surface area contributed by atoms with Gasteiger partial charge in [0.1, 0.15) is 11.8 Å². The Morgan fingerprint density at radius 3 is 2.72 bits per heavy atom. The van der Waals surface area contributed by atoms with Gasteiger partial charge in [-0.05, 0) is 19.9 Å². The molecule has 18 heavy (non-hydrogen) atoms. The van der Waals surface area contributed by atoms with Gasteiger partial charge in [-0.1, -0.05) is 41.1 Å². The number of furan rings is 1. The first-order chi connectivity index (χ1) is 8.42. The van der Waals surface area contributed by atoms with Gasteiger partial charge in [0.05, 0.1) is 5.56 Å². The predicted molar refractivity (Wildman–Crippen MR) is 76.1 cm³/mol. The minimum Gasteiger partial charge on any atom is -0.463 e. The van der Waals surface area contributed by atoms with Crippen molar-refractivity contribution in [3.05, 3.63) is 36.1 Å². The Kier molecular flexibility index (Phi) is 3.48. The van der Waals surface area contributed by atoms with Gasteiger partial charge < -0.3 is 9.73 Å². The van der Waals surface area contributed by atoms with Crippen molar-refractivity contribution in [2.24, 2.45) is 0 Å². The van der Waals surface area contributed by atoms with E-state index in [1.807, 2.05) is 45.0 Å². The average molecular weight is 310 g/mol. The molecule has 4 heteroatoms. The van der Waals surface area contributed by atoms with Gasteiger partial charge in [-0.2, -0.15) is 0 Å². The quantitative estimate of drug-likeness (QED) is 0.878. The molecule has 1 aromatic carbocycles. The van der Waals surface area contributed by atoms with Crippen LogP contribution in [0.3, 0.4) is 0 Å². The van der Waals surface area contributed by atoms with Gasteiger partial charge in [-0.3, -0.25) is 4.79 Å². The summed E-state index contributed by atoms with van der Waals surface area (Å²) >= 11 is 3.50. The third-order valence-corrected chi connectivity index (χ3v) is 4.30. The smallest absolute Gasteiger partial charge is 0.255 e. The van der Waals surface area contributed by atoms with Gasteiger partial charge in [0.25, 0.3) is 5.91 Å². The van der Waals surface area contributed by atoms with E-state index < -0.39 is 0 Å². The van der Waals surface area contributed by atoms with Crippen molar-refractivity contribution in [3.8, 4) is 0 Å². The highest BCUT2D eigenvalue weighted by atomic mass is 79.9. The van der Waals surface area contributed by atoms with Crippen molar-refractivity contribution >= 4 is 32.8 Å². The Morgan fingerprint density at radius 2 is 2.06 bits per heavy atom. The van der Waals surface area contributed by atoms with Crippen LogP contribution in [0.25, 0.3) is 11.0 Å². The van der Waals surface area contributed by atoms with E-state index in [-0.39, 0.29) is 16.3 Å². The first-order valence-electron chi connectivity index (χ1n) is 5.84. The summed E-state index contributed by atoms with van der Waals surface area (Å²) in [5.41, 5.74) is 0.981. The molecule has 1 amide bonds. The fourth-order valence-corrected chi connectivity index (χ4v) is 1.73. The van der Waals surface area contributed by atoms with Crippen molar-refractivity contribution in [3.63, 3.8) is 0 Å². The zero-order chi connectivity index (χ0) is 13.3. The number of fused-ring (bicyclic) bond motifs is 1. The zero-order valence-corrected chi connectivity index (χ0v) is 12.2. The van der Waals surface area contributed by atoms with E-state index in [9.17, 15) is 4.79 Å². The minimum absolute atomic E-state index is 0.115. The Bertz CT molecular complexity index is 572. The fraction of sp³-hybridized carbons (Fsp3) is 0.357. The number of benzene rings is 1. The van der Waals surface area contributed by atoms with Gasteiger partial charge in [-0.25, -0.2) is 0 Å². The maximum absolute atomic E-state index is 12.2. The van der Waals surface area contributed by atoms with Crippen molar-refractivity contribution in [2.75, 3.05) is 0 Å². The molecule has 0 aliphatic rings. The number of para-hydroxylation sites is 1. The van der Waals surface area contributed by atoms with Crippen molar-refractivity contribution in [1.29, 1.82) is 0 Å². The number of alkyl halides is 1. The van der Waals surface area contributed by atoms with Crippen LogP contribution in [-0.4, -0.2) is 16.3 Å². The van der Waals surface area contributed by atoms with E-state index >= 15 is 0 Å². The van der Waals surface area contributed by atoms with Crippen molar-refractivity contribution in [2.45, 2.75) is 31.1 Å². The van der Waals surface area contributed by atoms with Gasteiger partial charge >= 0.3 is 0 Å². The van der Waals surface area contributed by atoms with E-state index in [1.54, 1.807) is 0 Å². The molecule has 0 aliphatic carbocycles. The molecule has 1 heterocycles. The molecule has 1 aromatic heterocycles. The SMILES string of the molecule is CC(Br)C(C)(C)NC(=O)c1coc2ccccc12. The average Bonchev–Trinajstić information content (AvgIpc) is 2.71. The Morgan fingerprint density at radius 1 is 1.39 bits per heavy atom. The molecule has 0 bridgehead atoms. The summed E-state index contributed by atoms with van der Waals surface area (Å²) in [6.07, 6.45) is 1.51. The van der Waals surface area contributed by atoms with Crippen LogP contribution in [0.5, 0.6) is 0 Å². The summed E-state index contributed by atoms with van der Waals surface area (Å²) in [7, 11) is 0. The van der Waals surface area contributed by atoms with Crippen LogP contribution >= 0.6 is 15.9 Å². The van der Waals surface area contributed by atoms with Crippen LogP contribution in [0.1, 0.15) is 31.1 Å². The maximum atomic E-state index is 12.2. The number of rotatable bonds is 3. The molecule has 1 unspecified atom stereocenters.